The van der Waals surface area contributed by atoms with E-state index in [1.807, 2.05) is 0 Å². The molecular formula is C14H26N2O. The third-order valence-corrected chi connectivity index (χ3v) is 4.08. The Bertz CT molecular complexity index is 255. The Hall–Kier alpha value is -0.570. The van der Waals surface area contributed by atoms with Gasteiger partial charge in [0.15, 0.2) is 0 Å². The zero-order chi connectivity index (χ0) is 12.1. The number of hydrogen-bond donors (Lipinski definition) is 2. The zero-order valence-corrected chi connectivity index (χ0v) is 11.1. The van der Waals surface area contributed by atoms with Crippen molar-refractivity contribution in [3.05, 3.63) is 0 Å². The quantitative estimate of drug-likeness (QED) is 0.697. The average molecular weight is 238 g/mol. The van der Waals surface area contributed by atoms with Crippen LogP contribution in [0.2, 0.25) is 0 Å². The van der Waals surface area contributed by atoms with Gasteiger partial charge in [-0.05, 0) is 31.1 Å². The highest BCUT2D eigenvalue weighted by Crippen LogP contribution is 2.34. The molecule has 2 aliphatic carbocycles. The first-order chi connectivity index (χ1) is 8.18. The molecule has 2 fully saturated rings. The molecule has 0 heterocycles. The summed E-state index contributed by atoms with van der Waals surface area (Å²) in [4.78, 5) is 11.5. The predicted octanol–water partition coefficient (Wildman–Crippen LogP) is 2.22. The molecule has 0 radical (unpaired) electrons. The maximum atomic E-state index is 11.5. The number of rotatable bonds is 6. The smallest absolute Gasteiger partial charge is 0.221 e. The lowest BCUT2D eigenvalue weighted by atomic mass is 9.76. The first-order valence-corrected chi connectivity index (χ1v) is 7.18. The summed E-state index contributed by atoms with van der Waals surface area (Å²) in [6.45, 7) is 4.28. The maximum absolute atomic E-state index is 11.5. The fourth-order valence-electron chi connectivity index (χ4n) is 2.70. The minimum absolute atomic E-state index is 0.216. The van der Waals surface area contributed by atoms with Crippen LogP contribution in [-0.2, 0) is 4.79 Å². The Morgan fingerprint density at radius 1 is 1.24 bits per heavy atom. The van der Waals surface area contributed by atoms with Gasteiger partial charge < -0.3 is 10.6 Å². The summed E-state index contributed by atoms with van der Waals surface area (Å²) in [7, 11) is 0. The Kier molecular flexibility index (Phi) is 4.43. The largest absolute Gasteiger partial charge is 0.353 e. The summed E-state index contributed by atoms with van der Waals surface area (Å²) in [5.74, 6) is 0.216. The van der Waals surface area contributed by atoms with Crippen LogP contribution in [-0.4, -0.2) is 25.0 Å². The van der Waals surface area contributed by atoms with Gasteiger partial charge in [0.1, 0.15) is 0 Å². The Morgan fingerprint density at radius 2 is 1.94 bits per heavy atom. The molecule has 2 N–H and O–H groups in total. The van der Waals surface area contributed by atoms with Crippen molar-refractivity contribution < 1.29 is 4.79 Å². The molecular weight excluding hydrogens is 212 g/mol. The van der Waals surface area contributed by atoms with E-state index in [1.165, 1.54) is 44.9 Å². The van der Waals surface area contributed by atoms with Gasteiger partial charge >= 0.3 is 0 Å². The van der Waals surface area contributed by atoms with Gasteiger partial charge in [-0.25, -0.2) is 0 Å². The Balaban J connectivity index is 1.53. The molecule has 0 aliphatic heterocycles. The SMILES string of the molecule is CC1(CNCCC(=O)NC2CC2)CCCCC1. The van der Waals surface area contributed by atoms with Crippen molar-refractivity contribution in [2.24, 2.45) is 5.41 Å². The van der Waals surface area contributed by atoms with Crippen molar-refractivity contribution in [3.8, 4) is 0 Å². The second-order valence-electron chi connectivity index (χ2n) is 6.14. The minimum atomic E-state index is 0.216. The third-order valence-electron chi connectivity index (χ3n) is 4.08. The molecule has 0 spiro atoms. The highest BCUT2D eigenvalue weighted by atomic mass is 16.1. The Labute approximate surface area is 105 Å². The molecule has 17 heavy (non-hydrogen) atoms. The fourth-order valence-corrected chi connectivity index (χ4v) is 2.70. The molecule has 0 bridgehead atoms. The number of nitrogens with one attached hydrogen (secondary N) is 2. The van der Waals surface area contributed by atoms with Gasteiger partial charge in [0.2, 0.25) is 5.91 Å². The first kappa shape index (κ1) is 12.9. The lowest BCUT2D eigenvalue weighted by Gasteiger charge is -2.33. The van der Waals surface area contributed by atoms with Crippen molar-refractivity contribution in [1.82, 2.24) is 10.6 Å². The van der Waals surface area contributed by atoms with Crippen LogP contribution in [0, 0.1) is 5.41 Å². The van der Waals surface area contributed by atoms with Crippen LogP contribution in [0.15, 0.2) is 0 Å². The van der Waals surface area contributed by atoms with Crippen LogP contribution >= 0.6 is 0 Å². The van der Waals surface area contributed by atoms with Crippen molar-refractivity contribution in [2.45, 2.75) is 64.3 Å². The van der Waals surface area contributed by atoms with Crippen LogP contribution in [0.3, 0.4) is 0 Å². The predicted molar refractivity (Wildman–Crippen MR) is 69.8 cm³/mol. The molecule has 0 unspecified atom stereocenters. The van der Waals surface area contributed by atoms with E-state index in [2.05, 4.69) is 17.6 Å². The van der Waals surface area contributed by atoms with Crippen LogP contribution in [0.5, 0.6) is 0 Å². The molecule has 2 saturated carbocycles. The first-order valence-electron chi connectivity index (χ1n) is 7.18. The molecule has 0 aromatic carbocycles. The molecule has 98 valence electrons. The molecule has 3 heteroatoms. The molecule has 0 saturated heterocycles. The summed E-state index contributed by atoms with van der Waals surface area (Å²) in [5.41, 5.74) is 0.477. The maximum Gasteiger partial charge on any atom is 0.221 e. The molecule has 2 rings (SSSR count). The van der Waals surface area contributed by atoms with Gasteiger partial charge in [0, 0.05) is 25.6 Å². The highest BCUT2D eigenvalue weighted by Gasteiger charge is 2.26. The molecule has 1 amide bonds. The van der Waals surface area contributed by atoms with E-state index >= 15 is 0 Å². The summed E-state index contributed by atoms with van der Waals surface area (Å²) >= 11 is 0. The van der Waals surface area contributed by atoms with Gasteiger partial charge in [0.25, 0.3) is 0 Å². The van der Waals surface area contributed by atoms with Crippen LogP contribution in [0.1, 0.15) is 58.3 Å². The monoisotopic (exact) mass is 238 g/mol. The molecule has 3 nitrogen and oxygen atoms in total. The van der Waals surface area contributed by atoms with Gasteiger partial charge in [-0.3, -0.25) is 4.79 Å². The molecule has 0 aromatic heterocycles. The summed E-state index contributed by atoms with van der Waals surface area (Å²) in [5, 5.41) is 6.48. The number of hydrogen-bond acceptors (Lipinski definition) is 2. The zero-order valence-electron chi connectivity index (χ0n) is 11.1. The van der Waals surface area contributed by atoms with Gasteiger partial charge in [-0.2, -0.15) is 0 Å². The van der Waals surface area contributed by atoms with E-state index in [1.54, 1.807) is 0 Å². The molecule has 0 atom stereocenters. The second-order valence-corrected chi connectivity index (χ2v) is 6.14. The van der Waals surface area contributed by atoms with E-state index in [0.29, 0.717) is 17.9 Å². The second kappa shape index (κ2) is 5.85. The van der Waals surface area contributed by atoms with E-state index in [9.17, 15) is 4.79 Å². The summed E-state index contributed by atoms with van der Waals surface area (Å²) in [6.07, 6.45) is 9.82. The number of carbonyl (C=O) groups excluding carboxylic acids is 1. The summed E-state index contributed by atoms with van der Waals surface area (Å²) in [6, 6.07) is 0.498. The van der Waals surface area contributed by atoms with E-state index in [-0.39, 0.29) is 5.91 Å². The van der Waals surface area contributed by atoms with Gasteiger partial charge in [-0.1, -0.05) is 26.2 Å². The summed E-state index contributed by atoms with van der Waals surface area (Å²) < 4.78 is 0. The molecule has 0 aromatic rings. The molecule has 2 aliphatic rings. The van der Waals surface area contributed by atoms with E-state index < -0.39 is 0 Å². The number of carbonyl (C=O) groups is 1. The topological polar surface area (TPSA) is 41.1 Å². The van der Waals surface area contributed by atoms with E-state index in [0.717, 1.165) is 13.1 Å². The van der Waals surface area contributed by atoms with Crippen LogP contribution in [0.4, 0.5) is 0 Å². The lowest BCUT2D eigenvalue weighted by Crippen LogP contribution is -2.36. The minimum Gasteiger partial charge on any atom is -0.353 e. The normalized spacial score (nSPS) is 23.4. The average Bonchev–Trinajstić information content (AvgIpc) is 3.09. The van der Waals surface area contributed by atoms with Crippen LogP contribution in [0.25, 0.3) is 0 Å². The van der Waals surface area contributed by atoms with Crippen molar-refractivity contribution in [1.29, 1.82) is 0 Å². The van der Waals surface area contributed by atoms with Crippen LogP contribution < -0.4 is 10.6 Å². The standard InChI is InChI=1S/C14H26N2O/c1-14(8-3-2-4-9-14)11-15-10-7-13(17)16-12-5-6-12/h12,15H,2-11H2,1H3,(H,16,17). The van der Waals surface area contributed by atoms with Crippen molar-refractivity contribution in [3.63, 3.8) is 0 Å². The lowest BCUT2D eigenvalue weighted by molar-refractivity contribution is -0.121. The van der Waals surface area contributed by atoms with E-state index in [4.69, 9.17) is 0 Å². The number of amides is 1. The van der Waals surface area contributed by atoms with Crippen molar-refractivity contribution in [2.75, 3.05) is 13.1 Å². The third kappa shape index (κ3) is 4.66. The van der Waals surface area contributed by atoms with Gasteiger partial charge in [-0.15, -0.1) is 0 Å². The fraction of sp³-hybridized carbons (Fsp3) is 0.929. The van der Waals surface area contributed by atoms with Gasteiger partial charge in [0.05, 0.1) is 0 Å². The highest BCUT2D eigenvalue weighted by molar-refractivity contribution is 5.76. The van der Waals surface area contributed by atoms with Crippen molar-refractivity contribution >= 4 is 5.91 Å². The Morgan fingerprint density at radius 3 is 2.59 bits per heavy atom.